The zero-order valence-corrected chi connectivity index (χ0v) is 11.5. The Morgan fingerprint density at radius 1 is 1.30 bits per heavy atom. The van der Waals surface area contributed by atoms with Gasteiger partial charge in [-0.2, -0.15) is 0 Å². The van der Waals surface area contributed by atoms with Gasteiger partial charge >= 0.3 is 0 Å². The maximum absolute atomic E-state index is 11.1. The lowest BCUT2D eigenvalue weighted by atomic mass is 9.90. The van der Waals surface area contributed by atoms with E-state index in [0.29, 0.717) is 18.7 Å². The molecule has 5 nitrogen and oxygen atoms in total. The summed E-state index contributed by atoms with van der Waals surface area (Å²) in [4.78, 5) is 13.2. The predicted octanol–water partition coefficient (Wildman–Crippen LogP) is 2.74. The molecule has 5 heteroatoms. The highest BCUT2D eigenvalue weighted by Crippen LogP contribution is 2.30. The monoisotopic (exact) mass is 276 g/mol. The average molecular weight is 276 g/mol. The summed E-state index contributed by atoms with van der Waals surface area (Å²) in [6.07, 6.45) is 5.06. The van der Waals surface area contributed by atoms with Crippen molar-refractivity contribution < 1.29 is 9.66 Å². The molecule has 1 heterocycles. The Labute approximate surface area is 118 Å². The Morgan fingerprint density at radius 2 is 2.10 bits per heavy atom. The largest absolute Gasteiger partial charge is 0.375 e. The summed E-state index contributed by atoms with van der Waals surface area (Å²) in [7, 11) is 0. The van der Waals surface area contributed by atoms with Crippen molar-refractivity contribution in [2.75, 3.05) is 13.2 Å². The van der Waals surface area contributed by atoms with Crippen LogP contribution < -0.4 is 0 Å². The first-order valence-electron chi connectivity index (χ1n) is 7.33. The van der Waals surface area contributed by atoms with Crippen LogP contribution in [0.3, 0.4) is 0 Å². The van der Waals surface area contributed by atoms with Gasteiger partial charge in [-0.15, -0.1) is 0 Å². The predicted molar refractivity (Wildman–Crippen MR) is 75.5 cm³/mol. The zero-order valence-electron chi connectivity index (χ0n) is 11.5. The number of fused-ring (bicyclic) bond motifs is 1. The van der Waals surface area contributed by atoms with Gasteiger partial charge in [-0.05, 0) is 12.8 Å². The quantitative estimate of drug-likeness (QED) is 0.629. The van der Waals surface area contributed by atoms with Crippen molar-refractivity contribution in [3.63, 3.8) is 0 Å². The van der Waals surface area contributed by atoms with E-state index in [2.05, 4.69) is 4.90 Å². The third-order valence-corrected chi connectivity index (χ3v) is 4.41. The molecule has 20 heavy (non-hydrogen) atoms. The minimum atomic E-state index is -0.284. The van der Waals surface area contributed by atoms with Crippen LogP contribution in [0.5, 0.6) is 0 Å². The zero-order chi connectivity index (χ0) is 13.9. The molecule has 1 aromatic carbocycles. The van der Waals surface area contributed by atoms with Crippen molar-refractivity contribution in [3.8, 4) is 0 Å². The minimum absolute atomic E-state index is 0.228. The average Bonchev–Trinajstić information content (AvgIpc) is 2.48. The van der Waals surface area contributed by atoms with Crippen molar-refractivity contribution in [3.05, 3.63) is 39.9 Å². The van der Waals surface area contributed by atoms with Gasteiger partial charge < -0.3 is 4.74 Å². The van der Waals surface area contributed by atoms with Crippen LogP contribution in [0.15, 0.2) is 24.3 Å². The summed E-state index contributed by atoms with van der Waals surface area (Å²) >= 11 is 0. The molecule has 2 fully saturated rings. The van der Waals surface area contributed by atoms with Gasteiger partial charge in [0.05, 0.1) is 17.6 Å². The second kappa shape index (κ2) is 5.89. The van der Waals surface area contributed by atoms with Gasteiger partial charge in [-0.3, -0.25) is 15.0 Å². The summed E-state index contributed by atoms with van der Waals surface area (Å²) in [5.74, 6) is 0. The van der Waals surface area contributed by atoms with E-state index in [4.69, 9.17) is 4.74 Å². The molecule has 2 aliphatic rings. The number of ether oxygens (including phenoxy) is 1. The number of nitro groups is 1. The lowest BCUT2D eigenvalue weighted by Crippen LogP contribution is -2.52. The Hall–Kier alpha value is -1.46. The van der Waals surface area contributed by atoms with Crippen molar-refractivity contribution in [1.82, 2.24) is 4.90 Å². The molecule has 0 spiro atoms. The molecule has 108 valence electrons. The fourth-order valence-corrected chi connectivity index (χ4v) is 3.41. The first-order valence-corrected chi connectivity index (χ1v) is 7.33. The summed E-state index contributed by atoms with van der Waals surface area (Å²) in [6, 6.07) is 7.49. The van der Waals surface area contributed by atoms with Crippen molar-refractivity contribution in [2.45, 2.75) is 44.4 Å². The molecule has 1 saturated heterocycles. The molecule has 1 aromatic rings. The summed E-state index contributed by atoms with van der Waals surface area (Å²) < 4.78 is 5.85. The van der Waals surface area contributed by atoms with Gasteiger partial charge in [0.15, 0.2) is 0 Å². The number of nitrogens with zero attached hydrogens (tertiary/aromatic N) is 2. The van der Waals surface area contributed by atoms with Crippen LogP contribution in [-0.2, 0) is 11.3 Å². The Morgan fingerprint density at radius 3 is 2.95 bits per heavy atom. The molecule has 0 unspecified atom stereocenters. The third-order valence-electron chi connectivity index (χ3n) is 4.41. The summed E-state index contributed by atoms with van der Waals surface area (Å²) in [6.45, 7) is 2.26. The van der Waals surface area contributed by atoms with E-state index in [1.54, 1.807) is 12.1 Å². The summed E-state index contributed by atoms with van der Waals surface area (Å²) in [5.41, 5.74) is 1.04. The second-order valence-electron chi connectivity index (χ2n) is 5.62. The third kappa shape index (κ3) is 2.69. The van der Waals surface area contributed by atoms with Crippen LogP contribution in [0.1, 0.15) is 31.2 Å². The number of para-hydroxylation sites is 1. The van der Waals surface area contributed by atoms with E-state index < -0.39 is 0 Å². The SMILES string of the molecule is O=[N+]([O-])c1ccccc1CN1CCO[C@@H]2CCCC[C@H]21. The van der Waals surface area contributed by atoms with E-state index in [9.17, 15) is 10.1 Å². The van der Waals surface area contributed by atoms with Crippen LogP contribution in [0.25, 0.3) is 0 Å². The van der Waals surface area contributed by atoms with Crippen LogP contribution >= 0.6 is 0 Å². The molecular weight excluding hydrogens is 256 g/mol. The van der Waals surface area contributed by atoms with E-state index in [1.807, 2.05) is 12.1 Å². The van der Waals surface area contributed by atoms with Crippen LogP contribution in [0, 0.1) is 10.1 Å². The Kier molecular flexibility index (Phi) is 3.98. The van der Waals surface area contributed by atoms with Crippen molar-refractivity contribution >= 4 is 5.69 Å². The number of benzene rings is 1. The van der Waals surface area contributed by atoms with E-state index in [0.717, 1.165) is 31.6 Å². The molecule has 0 amide bonds. The lowest BCUT2D eigenvalue weighted by molar-refractivity contribution is -0.385. The maximum Gasteiger partial charge on any atom is 0.273 e. The first kappa shape index (κ1) is 13.5. The van der Waals surface area contributed by atoms with Crippen molar-refractivity contribution in [1.29, 1.82) is 0 Å². The number of rotatable bonds is 3. The smallest absolute Gasteiger partial charge is 0.273 e. The normalized spacial score (nSPS) is 27.0. The molecule has 0 bridgehead atoms. The molecular formula is C15H20N2O3. The highest BCUT2D eigenvalue weighted by atomic mass is 16.6. The minimum Gasteiger partial charge on any atom is -0.375 e. The topological polar surface area (TPSA) is 55.6 Å². The van der Waals surface area contributed by atoms with Gasteiger partial charge in [-0.1, -0.05) is 31.0 Å². The van der Waals surface area contributed by atoms with Gasteiger partial charge in [0.1, 0.15) is 0 Å². The lowest BCUT2D eigenvalue weighted by Gasteiger charge is -2.43. The molecule has 1 saturated carbocycles. The Balaban J connectivity index is 1.78. The molecule has 3 rings (SSSR count). The fourth-order valence-electron chi connectivity index (χ4n) is 3.41. The fraction of sp³-hybridized carbons (Fsp3) is 0.600. The van der Waals surface area contributed by atoms with E-state index in [1.165, 1.54) is 12.8 Å². The highest BCUT2D eigenvalue weighted by molar-refractivity contribution is 5.39. The summed E-state index contributed by atoms with van der Waals surface area (Å²) in [5, 5.41) is 11.1. The Bertz CT molecular complexity index is 490. The van der Waals surface area contributed by atoms with Crippen molar-refractivity contribution in [2.24, 2.45) is 0 Å². The van der Waals surface area contributed by atoms with Gasteiger partial charge in [0, 0.05) is 30.8 Å². The maximum atomic E-state index is 11.1. The number of morpholine rings is 1. The van der Waals surface area contributed by atoms with E-state index >= 15 is 0 Å². The molecule has 0 radical (unpaired) electrons. The highest BCUT2D eigenvalue weighted by Gasteiger charge is 2.34. The first-order chi connectivity index (χ1) is 9.75. The van der Waals surface area contributed by atoms with E-state index in [-0.39, 0.29) is 10.6 Å². The van der Waals surface area contributed by atoms with Gasteiger partial charge in [0.25, 0.3) is 5.69 Å². The van der Waals surface area contributed by atoms with Crippen LogP contribution in [-0.4, -0.2) is 35.1 Å². The molecule has 2 atom stereocenters. The molecule has 1 aliphatic heterocycles. The van der Waals surface area contributed by atoms with Gasteiger partial charge in [-0.25, -0.2) is 0 Å². The standard InChI is InChI=1S/C15H20N2O3/c18-17(19)13-6-2-1-5-12(13)11-16-9-10-20-15-8-4-3-7-14(15)16/h1-2,5-6,14-15H,3-4,7-11H2/t14-,15-/m1/s1. The van der Waals surface area contributed by atoms with Gasteiger partial charge in [0.2, 0.25) is 0 Å². The molecule has 1 aliphatic carbocycles. The molecule has 0 aromatic heterocycles. The number of hydrogen-bond acceptors (Lipinski definition) is 4. The second-order valence-corrected chi connectivity index (χ2v) is 5.62. The van der Waals surface area contributed by atoms with Crippen LogP contribution in [0.2, 0.25) is 0 Å². The van der Waals surface area contributed by atoms with Crippen LogP contribution in [0.4, 0.5) is 5.69 Å². The number of nitro benzene ring substituents is 1. The number of hydrogen-bond donors (Lipinski definition) is 0. The molecule has 0 N–H and O–H groups in total.